The molecule has 3 aromatic carbocycles. The van der Waals surface area contributed by atoms with E-state index in [4.69, 9.17) is 4.74 Å². The molecule has 19 heavy (non-hydrogen) atoms. The molecule has 0 N–H and O–H groups in total. The van der Waals surface area contributed by atoms with Gasteiger partial charge in [0.1, 0.15) is 12.2 Å². The lowest BCUT2D eigenvalue weighted by Crippen LogP contribution is -1.95. The highest BCUT2D eigenvalue weighted by Gasteiger charge is 2.41. The van der Waals surface area contributed by atoms with Gasteiger partial charge in [-0.1, -0.05) is 48.6 Å². The first-order valence-corrected chi connectivity index (χ1v) is 6.69. The molecular weight excluding hydrogens is 232 g/mol. The maximum absolute atomic E-state index is 5.65. The minimum Gasteiger partial charge on any atom is -0.360 e. The number of epoxide rings is 1. The summed E-state index contributed by atoms with van der Waals surface area (Å²) in [7, 11) is 0. The molecule has 90 valence electrons. The van der Waals surface area contributed by atoms with Crippen LogP contribution >= 0.6 is 0 Å². The van der Waals surface area contributed by atoms with E-state index in [-0.39, 0.29) is 0 Å². The van der Waals surface area contributed by atoms with Crippen LogP contribution in [0.5, 0.6) is 0 Å². The summed E-state index contributed by atoms with van der Waals surface area (Å²) in [5.74, 6) is 0. The zero-order valence-electron chi connectivity index (χ0n) is 10.3. The molecule has 0 spiro atoms. The fraction of sp³-hybridized carbons (Fsp3) is 0.111. The van der Waals surface area contributed by atoms with E-state index >= 15 is 0 Å². The van der Waals surface area contributed by atoms with Crippen LogP contribution in [0.3, 0.4) is 0 Å². The van der Waals surface area contributed by atoms with Crippen LogP contribution in [0.15, 0.2) is 54.6 Å². The minimum atomic E-state index is 0.302. The standard InChI is InChI=1S/C18H12O/c1-2-4-14-11(3-1)5-6-12-10-16-13(9-15(12)14)7-8-17-18(16)19-17/h1-10,17-18H/t17-,18?/m0/s1. The van der Waals surface area contributed by atoms with Crippen molar-refractivity contribution in [1.82, 2.24) is 0 Å². The highest BCUT2D eigenvalue weighted by Crippen LogP contribution is 2.46. The van der Waals surface area contributed by atoms with Gasteiger partial charge in [0.2, 0.25) is 0 Å². The van der Waals surface area contributed by atoms with Crippen molar-refractivity contribution >= 4 is 27.6 Å². The summed E-state index contributed by atoms with van der Waals surface area (Å²) in [5, 5.41) is 5.27. The average molecular weight is 244 g/mol. The smallest absolute Gasteiger partial charge is 0.114 e. The first-order chi connectivity index (χ1) is 9.40. The van der Waals surface area contributed by atoms with E-state index in [0.29, 0.717) is 12.2 Å². The summed E-state index contributed by atoms with van der Waals surface area (Å²) in [6.07, 6.45) is 5.00. The molecule has 1 heterocycles. The van der Waals surface area contributed by atoms with Gasteiger partial charge in [0.05, 0.1) is 0 Å². The van der Waals surface area contributed by atoms with Crippen molar-refractivity contribution in [1.29, 1.82) is 0 Å². The summed E-state index contributed by atoms with van der Waals surface area (Å²) in [4.78, 5) is 0. The molecule has 1 aliphatic carbocycles. The third-order valence-electron chi connectivity index (χ3n) is 4.25. The third kappa shape index (κ3) is 1.28. The molecule has 1 unspecified atom stereocenters. The van der Waals surface area contributed by atoms with E-state index in [1.165, 1.54) is 32.7 Å². The van der Waals surface area contributed by atoms with Crippen LogP contribution in [-0.2, 0) is 4.74 Å². The molecule has 3 aromatic rings. The Morgan fingerprint density at radius 3 is 2.74 bits per heavy atom. The van der Waals surface area contributed by atoms with Crippen LogP contribution < -0.4 is 0 Å². The number of benzene rings is 3. The summed E-state index contributed by atoms with van der Waals surface area (Å²) in [6, 6.07) is 17.6. The Labute approximate surface area is 111 Å². The lowest BCUT2D eigenvalue weighted by molar-refractivity contribution is 0.395. The maximum atomic E-state index is 5.65. The highest BCUT2D eigenvalue weighted by molar-refractivity contribution is 6.08. The van der Waals surface area contributed by atoms with Crippen LogP contribution in [0, 0.1) is 0 Å². The molecule has 0 radical (unpaired) electrons. The van der Waals surface area contributed by atoms with Gasteiger partial charge in [0.25, 0.3) is 0 Å². The highest BCUT2D eigenvalue weighted by atomic mass is 16.6. The Bertz CT molecular complexity index is 860. The number of hydrogen-bond donors (Lipinski definition) is 0. The van der Waals surface area contributed by atoms with Gasteiger partial charge in [-0.3, -0.25) is 0 Å². The van der Waals surface area contributed by atoms with Gasteiger partial charge in [-0.15, -0.1) is 0 Å². The molecule has 1 fully saturated rings. The summed E-state index contributed by atoms with van der Waals surface area (Å²) in [5.41, 5.74) is 2.65. The Hall–Kier alpha value is -2.12. The first-order valence-electron chi connectivity index (χ1n) is 6.69. The second kappa shape index (κ2) is 3.25. The second-order valence-electron chi connectivity index (χ2n) is 5.37. The van der Waals surface area contributed by atoms with Crippen molar-refractivity contribution in [3.8, 4) is 0 Å². The lowest BCUT2D eigenvalue weighted by Gasteiger charge is -2.11. The Balaban J connectivity index is 1.93. The number of ether oxygens (including phenoxy) is 1. The van der Waals surface area contributed by atoms with Crippen molar-refractivity contribution in [2.45, 2.75) is 12.2 Å². The van der Waals surface area contributed by atoms with Crippen LogP contribution in [0.4, 0.5) is 0 Å². The van der Waals surface area contributed by atoms with Crippen molar-refractivity contribution < 1.29 is 4.74 Å². The van der Waals surface area contributed by atoms with Gasteiger partial charge in [-0.25, -0.2) is 0 Å². The zero-order chi connectivity index (χ0) is 12.4. The van der Waals surface area contributed by atoms with Crippen molar-refractivity contribution in [2.75, 3.05) is 0 Å². The molecule has 0 amide bonds. The number of rotatable bonds is 0. The van der Waals surface area contributed by atoms with Crippen LogP contribution in [0.2, 0.25) is 0 Å². The Morgan fingerprint density at radius 2 is 1.74 bits per heavy atom. The normalized spacial score (nSPS) is 23.4. The summed E-state index contributed by atoms with van der Waals surface area (Å²) < 4.78 is 5.65. The molecule has 0 saturated carbocycles. The number of hydrogen-bond acceptors (Lipinski definition) is 1. The molecule has 0 aromatic heterocycles. The molecule has 1 nitrogen and oxygen atoms in total. The van der Waals surface area contributed by atoms with E-state index in [2.05, 4.69) is 60.7 Å². The largest absolute Gasteiger partial charge is 0.360 e. The average Bonchev–Trinajstić information content (AvgIpc) is 3.25. The van der Waals surface area contributed by atoms with Gasteiger partial charge in [-0.2, -0.15) is 0 Å². The lowest BCUT2D eigenvalue weighted by atomic mass is 9.92. The third-order valence-corrected chi connectivity index (χ3v) is 4.25. The maximum Gasteiger partial charge on any atom is 0.114 e. The molecule has 1 saturated heterocycles. The van der Waals surface area contributed by atoms with Gasteiger partial charge < -0.3 is 4.74 Å². The van der Waals surface area contributed by atoms with E-state index < -0.39 is 0 Å². The van der Waals surface area contributed by atoms with E-state index in [1.807, 2.05) is 0 Å². The number of fused-ring (bicyclic) bond motifs is 6. The van der Waals surface area contributed by atoms with Gasteiger partial charge in [-0.05, 0) is 44.8 Å². The zero-order valence-corrected chi connectivity index (χ0v) is 10.3. The molecule has 2 atom stereocenters. The van der Waals surface area contributed by atoms with Crippen LogP contribution in [0.1, 0.15) is 17.2 Å². The first kappa shape index (κ1) is 9.76. The van der Waals surface area contributed by atoms with Crippen LogP contribution in [0.25, 0.3) is 27.6 Å². The van der Waals surface area contributed by atoms with Crippen molar-refractivity contribution in [3.05, 3.63) is 65.7 Å². The van der Waals surface area contributed by atoms with Gasteiger partial charge in [0.15, 0.2) is 0 Å². The predicted molar refractivity (Wildman–Crippen MR) is 78.1 cm³/mol. The van der Waals surface area contributed by atoms with Gasteiger partial charge >= 0.3 is 0 Å². The topological polar surface area (TPSA) is 12.5 Å². The molecule has 0 bridgehead atoms. The van der Waals surface area contributed by atoms with E-state index in [1.54, 1.807) is 0 Å². The molecule has 2 aliphatic rings. The SMILES string of the molecule is C1=C[C@@H]2OC2c2cc3ccc4ccccc4c3cc21. The molecular formula is C18H12O. The summed E-state index contributed by atoms with van der Waals surface area (Å²) in [6.45, 7) is 0. The van der Waals surface area contributed by atoms with Crippen molar-refractivity contribution in [2.24, 2.45) is 0 Å². The fourth-order valence-corrected chi connectivity index (χ4v) is 3.20. The summed E-state index contributed by atoms with van der Waals surface area (Å²) >= 11 is 0. The molecule has 1 heteroatoms. The molecule has 1 aliphatic heterocycles. The van der Waals surface area contributed by atoms with E-state index in [0.717, 1.165) is 0 Å². The second-order valence-corrected chi connectivity index (χ2v) is 5.37. The van der Waals surface area contributed by atoms with E-state index in [9.17, 15) is 0 Å². The van der Waals surface area contributed by atoms with Crippen molar-refractivity contribution in [3.63, 3.8) is 0 Å². The van der Waals surface area contributed by atoms with Crippen LogP contribution in [-0.4, -0.2) is 6.10 Å². The monoisotopic (exact) mass is 244 g/mol. The quantitative estimate of drug-likeness (QED) is 0.420. The Kier molecular flexibility index (Phi) is 1.67. The molecule has 5 rings (SSSR count). The van der Waals surface area contributed by atoms with Gasteiger partial charge in [0, 0.05) is 0 Å². The predicted octanol–water partition coefficient (Wildman–Crippen LogP) is 4.46. The minimum absolute atomic E-state index is 0.302. The fourth-order valence-electron chi connectivity index (χ4n) is 3.20. The Morgan fingerprint density at radius 1 is 0.842 bits per heavy atom.